The van der Waals surface area contributed by atoms with Crippen LogP contribution in [0.2, 0.25) is 0 Å². The van der Waals surface area contributed by atoms with Gasteiger partial charge in [0.15, 0.2) is 12.3 Å². The number of benzene rings is 2. The number of hydrogen-bond acceptors (Lipinski definition) is 1. The molecule has 3 unspecified atom stereocenters. The molecule has 0 heterocycles. The van der Waals surface area contributed by atoms with Gasteiger partial charge in [-0.1, -0.05) is 54.6 Å². The summed E-state index contributed by atoms with van der Waals surface area (Å²) in [6.07, 6.45) is -16.6. The number of halogens is 10. The third-order valence-corrected chi connectivity index (χ3v) is 4.61. The molecule has 3 atom stereocenters. The van der Waals surface area contributed by atoms with E-state index in [1.807, 2.05) is 0 Å². The van der Waals surface area contributed by atoms with Crippen LogP contribution in [0.4, 0.5) is 43.9 Å². The van der Waals surface area contributed by atoms with Crippen LogP contribution in [-0.2, 0) is 0 Å². The largest absolute Gasteiger partial charge is 0.385 e. The first-order valence-electron chi connectivity index (χ1n) is 8.75. The van der Waals surface area contributed by atoms with Crippen LogP contribution in [0.15, 0.2) is 54.6 Å². The van der Waals surface area contributed by atoms with Gasteiger partial charge in [-0.15, -0.1) is 0 Å². The summed E-state index contributed by atoms with van der Waals surface area (Å²) >= 11 is 0. The highest BCUT2D eigenvalue weighted by atomic mass is 19.3. The molecular formula is C20H16F10O. The zero-order chi connectivity index (χ0) is 23.6. The van der Waals surface area contributed by atoms with E-state index in [2.05, 4.69) is 0 Å². The number of alkyl halides is 10. The molecule has 3 rings (SSSR count). The van der Waals surface area contributed by atoms with Crippen LogP contribution < -0.4 is 0 Å². The van der Waals surface area contributed by atoms with Gasteiger partial charge in [0.1, 0.15) is 6.10 Å². The fourth-order valence-corrected chi connectivity index (χ4v) is 2.80. The van der Waals surface area contributed by atoms with Crippen molar-refractivity contribution in [1.29, 1.82) is 0 Å². The molecule has 0 saturated carbocycles. The van der Waals surface area contributed by atoms with E-state index in [9.17, 15) is 49.0 Å². The van der Waals surface area contributed by atoms with Gasteiger partial charge in [-0.25, -0.2) is 26.3 Å². The molecule has 31 heavy (non-hydrogen) atoms. The minimum absolute atomic E-state index is 0.171. The van der Waals surface area contributed by atoms with Crippen molar-refractivity contribution in [3.8, 4) is 0 Å². The van der Waals surface area contributed by atoms with Crippen molar-refractivity contribution in [1.82, 2.24) is 0 Å². The maximum Gasteiger partial charge on any atom is 0.340 e. The fraction of sp³-hybridized carbons (Fsp3) is 0.400. The quantitative estimate of drug-likeness (QED) is 0.477. The van der Waals surface area contributed by atoms with Crippen molar-refractivity contribution < 1.29 is 49.0 Å². The lowest BCUT2D eigenvalue weighted by molar-refractivity contribution is -0.194. The Morgan fingerprint density at radius 1 is 0.645 bits per heavy atom. The molecule has 1 aliphatic carbocycles. The normalized spacial score (nSPS) is 16.9. The fourth-order valence-electron chi connectivity index (χ4n) is 2.80. The lowest BCUT2D eigenvalue weighted by atomic mass is 10.0. The molecule has 1 N–H and O–H groups in total. The van der Waals surface area contributed by atoms with Crippen molar-refractivity contribution in [2.24, 2.45) is 0 Å². The van der Waals surface area contributed by atoms with E-state index in [0.29, 0.717) is 11.1 Å². The molecule has 0 radical (unpaired) electrons. The monoisotopic (exact) mass is 462 g/mol. The Labute approximate surface area is 170 Å². The molecule has 2 aromatic rings. The van der Waals surface area contributed by atoms with E-state index in [1.54, 1.807) is 12.1 Å². The summed E-state index contributed by atoms with van der Waals surface area (Å²) in [5, 5.41) is 9.19. The number of fused-ring (bicyclic) bond motifs is 1. The minimum Gasteiger partial charge on any atom is -0.385 e. The van der Waals surface area contributed by atoms with Crippen LogP contribution in [0.5, 0.6) is 0 Å². The third kappa shape index (κ3) is 5.31. The van der Waals surface area contributed by atoms with E-state index in [-0.39, 0.29) is 5.56 Å². The number of hydrogen-bond donors (Lipinski definition) is 1. The first kappa shape index (κ1) is 25.0. The Balaban J connectivity index is 0.000000220. The third-order valence-electron chi connectivity index (χ3n) is 4.61. The highest BCUT2D eigenvalue weighted by Crippen LogP contribution is 2.51. The van der Waals surface area contributed by atoms with Gasteiger partial charge in [-0.2, -0.15) is 17.6 Å². The average molecular weight is 462 g/mol. The highest BCUT2D eigenvalue weighted by molar-refractivity contribution is 5.54. The summed E-state index contributed by atoms with van der Waals surface area (Å²) in [4.78, 5) is 0. The van der Waals surface area contributed by atoms with Crippen LogP contribution in [0.1, 0.15) is 28.7 Å². The summed E-state index contributed by atoms with van der Waals surface area (Å²) in [7, 11) is 0. The van der Waals surface area contributed by atoms with Gasteiger partial charge in [0, 0.05) is 5.92 Å². The van der Waals surface area contributed by atoms with Crippen molar-refractivity contribution in [3.05, 3.63) is 71.3 Å². The van der Waals surface area contributed by atoms with E-state index in [0.717, 1.165) is 0 Å². The molecule has 0 aromatic heterocycles. The number of aliphatic hydroxyl groups is 1. The summed E-state index contributed by atoms with van der Waals surface area (Å²) in [5.41, 5.74) is 0.617. The van der Waals surface area contributed by atoms with Gasteiger partial charge in [0.25, 0.3) is 0 Å². The molecule has 1 aliphatic rings. The first-order chi connectivity index (χ1) is 14.3. The standard InChI is InChI=1S/C10H9F5O.C10H7F5/c11-8(10(14,15)9(12)13)7(16)6-4-2-1-3-5-6;11-8(10(14,15)9(12)13)7-5-3-1-2-4-6(5)7/h1-5,7-9,16H;1-4,7-9H. The van der Waals surface area contributed by atoms with Gasteiger partial charge in [-0.3, -0.25) is 0 Å². The van der Waals surface area contributed by atoms with E-state index < -0.39 is 49.1 Å². The topological polar surface area (TPSA) is 20.2 Å². The van der Waals surface area contributed by atoms with Crippen LogP contribution in [-0.4, -0.2) is 42.1 Å². The highest BCUT2D eigenvalue weighted by Gasteiger charge is 2.57. The van der Waals surface area contributed by atoms with Crippen molar-refractivity contribution >= 4 is 0 Å². The Bertz CT molecular complexity index is 820. The Morgan fingerprint density at radius 2 is 1.06 bits per heavy atom. The Hall–Kier alpha value is -2.30. The summed E-state index contributed by atoms with van der Waals surface area (Å²) in [6.45, 7) is 0. The second kappa shape index (κ2) is 9.46. The lowest BCUT2D eigenvalue weighted by Crippen LogP contribution is -2.41. The molecule has 172 valence electrons. The maximum absolute atomic E-state index is 13.2. The minimum atomic E-state index is -4.87. The van der Waals surface area contributed by atoms with Gasteiger partial charge < -0.3 is 5.11 Å². The van der Waals surface area contributed by atoms with Crippen molar-refractivity contribution in [2.75, 3.05) is 0 Å². The smallest absolute Gasteiger partial charge is 0.340 e. The van der Waals surface area contributed by atoms with Crippen molar-refractivity contribution in [2.45, 2.75) is 49.1 Å². The molecule has 0 amide bonds. The Morgan fingerprint density at radius 3 is 1.48 bits per heavy atom. The summed E-state index contributed by atoms with van der Waals surface area (Å²) in [6, 6.07) is 12.7. The molecule has 0 aliphatic heterocycles. The second-order valence-electron chi connectivity index (χ2n) is 6.72. The lowest BCUT2D eigenvalue weighted by Gasteiger charge is -2.24. The number of aliphatic hydroxyl groups excluding tert-OH is 1. The SMILES string of the molecule is FC(F)C(F)(F)C(F)C1c2ccccc21.OC(c1ccccc1)C(F)C(F)(F)C(F)F. The molecule has 0 fully saturated rings. The van der Waals surface area contributed by atoms with Gasteiger partial charge in [-0.05, 0) is 16.7 Å². The van der Waals surface area contributed by atoms with Gasteiger partial charge >= 0.3 is 24.7 Å². The molecule has 1 nitrogen and oxygen atoms in total. The summed E-state index contributed by atoms with van der Waals surface area (Å²) < 4.78 is 124. The zero-order valence-electron chi connectivity index (χ0n) is 15.4. The molecule has 2 aromatic carbocycles. The number of rotatable bonds is 7. The van der Waals surface area contributed by atoms with Gasteiger partial charge in [0.05, 0.1) is 0 Å². The average Bonchev–Trinajstić information content (AvgIpc) is 3.47. The van der Waals surface area contributed by atoms with E-state index in [4.69, 9.17) is 0 Å². The predicted octanol–water partition coefficient (Wildman–Crippen LogP) is 6.33. The van der Waals surface area contributed by atoms with Crippen molar-refractivity contribution in [3.63, 3.8) is 0 Å². The van der Waals surface area contributed by atoms with E-state index >= 15 is 0 Å². The van der Waals surface area contributed by atoms with E-state index in [1.165, 1.54) is 42.5 Å². The molecule has 0 spiro atoms. The molecule has 0 saturated heterocycles. The van der Waals surface area contributed by atoms with Crippen LogP contribution in [0.3, 0.4) is 0 Å². The molecule has 11 heteroatoms. The molecule has 0 bridgehead atoms. The van der Waals surface area contributed by atoms with Crippen LogP contribution >= 0.6 is 0 Å². The van der Waals surface area contributed by atoms with Gasteiger partial charge in [0.2, 0.25) is 0 Å². The first-order valence-corrected chi connectivity index (χ1v) is 8.75. The maximum atomic E-state index is 13.2. The predicted molar refractivity (Wildman–Crippen MR) is 91.4 cm³/mol. The second-order valence-corrected chi connectivity index (χ2v) is 6.72. The molecular weight excluding hydrogens is 446 g/mol. The van der Waals surface area contributed by atoms with Crippen LogP contribution in [0.25, 0.3) is 0 Å². The zero-order valence-corrected chi connectivity index (χ0v) is 15.4. The summed E-state index contributed by atoms with van der Waals surface area (Å²) in [5.74, 6) is -10.6. The Kier molecular flexibility index (Phi) is 7.61. The van der Waals surface area contributed by atoms with Crippen LogP contribution in [0, 0.1) is 0 Å².